The summed E-state index contributed by atoms with van der Waals surface area (Å²) in [5, 5.41) is 4.27. The Morgan fingerprint density at radius 3 is 2.62 bits per heavy atom. The van der Waals surface area contributed by atoms with Crippen molar-refractivity contribution < 1.29 is 9.53 Å². The van der Waals surface area contributed by atoms with Gasteiger partial charge in [0.05, 0.1) is 23.7 Å². The number of nitrogens with two attached hydrogens (primary N) is 2. The number of pyridine rings is 1. The highest BCUT2D eigenvalue weighted by Gasteiger charge is 2.14. The fraction of sp³-hybridized carbons (Fsp3) is 0.200. The standard InChI is InChI=1S/C20H22N4O2/c1-2-26-14-8-6-13(7-9-14)18(12-21)24-17-10-11-23-19-15(17)4-3-5-16(19)20(22)25/h3-11,18H,2,12,21H2,1H3,(H2,22,25)(H,23,24). The van der Waals surface area contributed by atoms with Crippen LogP contribution in [0.3, 0.4) is 0 Å². The van der Waals surface area contributed by atoms with Gasteiger partial charge < -0.3 is 21.5 Å². The van der Waals surface area contributed by atoms with Crippen LogP contribution in [0.15, 0.2) is 54.7 Å². The van der Waals surface area contributed by atoms with Crippen LogP contribution >= 0.6 is 0 Å². The molecule has 1 unspecified atom stereocenters. The maximum Gasteiger partial charge on any atom is 0.250 e. The van der Waals surface area contributed by atoms with Gasteiger partial charge in [0.1, 0.15) is 5.75 Å². The molecule has 26 heavy (non-hydrogen) atoms. The first-order valence-corrected chi connectivity index (χ1v) is 8.51. The fourth-order valence-corrected chi connectivity index (χ4v) is 2.93. The van der Waals surface area contributed by atoms with Gasteiger partial charge in [-0.3, -0.25) is 9.78 Å². The van der Waals surface area contributed by atoms with Gasteiger partial charge in [-0.2, -0.15) is 0 Å². The molecular formula is C20H22N4O2. The van der Waals surface area contributed by atoms with Gasteiger partial charge in [-0.15, -0.1) is 0 Å². The number of amides is 1. The number of hydrogen-bond donors (Lipinski definition) is 3. The first kappa shape index (κ1) is 17.7. The quantitative estimate of drug-likeness (QED) is 0.608. The summed E-state index contributed by atoms with van der Waals surface area (Å²) in [7, 11) is 0. The first-order valence-electron chi connectivity index (χ1n) is 8.51. The van der Waals surface area contributed by atoms with Crippen molar-refractivity contribution in [3.63, 3.8) is 0 Å². The Kier molecular flexibility index (Phi) is 5.34. The van der Waals surface area contributed by atoms with Crippen LogP contribution in [-0.2, 0) is 0 Å². The number of hydrogen-bond acceptors (Lipinski definition) is 5. The lowest BCUT2D eigenvalue weighted by Gasteiger charge is -2.20. The van der Waals surface area contributed by atoms with Gasteiger partial charge in [-0.05, 0) is 36.8 Å². The number of carbonyl (C=O) groups is 1. The van der Waals surface area contributed by atoms with Gasteiger partial charge in [-0.25, -0.2) is 0 Å². The second kappa shape index (κ2) is 7.84. The van der Waals surface area contributed by atoms with Crippen LogP contribution in [0.5, 0.6) is 5.75 Å². The third kappa shape index (κ3) is 3.60. The smallest absolute Gasteiger partial charge is 0.250 e. The van der Waals surface area contributed by atoms with E-state index in [1.54, 1.807) is 18.3 Å². The SMILES string of the molecule is CCOc1ccc(C(CN)Nc2ccnc3c(C(N)=O)cccc23)cc1. The van der Waals surface area contributed by atoms with E-state index in [1.165, 1.54) is 0 Å². The number of benzene rings is 2. The molecule has 0 saturated heterocycles. The predicted molar refractivity (Wildman–Crippen MR) is 103 cm³/mol. The van der Waals surface area contributed by atoms with E-state index < -0.39 is 5.91 Å². The molecule has 0 fully saturated rings. The normalized spacial score (nSPS) is 11.9. The highest BCUT2D eigenvalue weighted by molar-refractivity contribution is 6.07. The number of rotatable bonds is 7. The van der Waals surface area contributed by atoms with Crippen LogP contribution in [-0.4, -0.2) is 24.0 Å². The second-order valence-electron chi connectivity index (χ2n) is 5.86. The molecule has 0 aliphatic carbocycles. The molecule has 0 bridgehead atoms. The number of anilines is 1. The number of aromatic nitrogens is 1. The summed E-state index contributed by atoms with van der Waals surface area (Å²) in [5.41, 5.74) is 14.3. The zero-order valence-corrected chi connectivity index (χ0v) is 14.6. The maximum absolute atomic E-state index is 11.6. The molecule has 0 saturated carbocycles. The van der Waals surface area contributed by atoms with E-state index in [0.717, 1.165) is 22.4 Å². The molecule has 6 nitrogen and oxygen atoms in total. The Morgan fingerprint density at radius 2 is 1.96 bits per heavy atom. The van der Waals surface area contributed by atoms with Crippen LogP contribution in [0.1, 0.15) is 28.9 Å². The van der Waals surface area contributed by atoms with Gasteiger partial charge in [0.15, 0.2) is 0 Å². The molecule has 5 N–H and O–H groups in total. The molecule has 0 radical (unpaired) electrons. The second-order valence-corrected chi connectivity index (χ2v) is 5.86. The molecule has 134 valence electrons. The van der Waals surface area contributed by atoms with E-state index in [1.807, 2.05) is 43.3 Å². The molecule has 0 aliphatic rings. The molecule has 1 aromatic heterocycles. The number of fused-ring (bicyclic) bond motifs is 1. The van der Waals surface area contributed by atoms with Crippen molar-refractivity contribution in [2.75, 3.05) is 18.5 Å². The Morgan fingerprint density at radius 1 is 1.19 bits per heavy atom. The fourth-order valence-electron chi connectivity index (χ4n) is 2.93. The van der Waals surface area contributed by atoms with E-state index in [4.69, 9.17) is 16.2 Å². The number of nitrogens with zero attached hydrogens (tertiary/aromatic N) is 1. The first-order chi connectivity index (χ1) is 12.6. The lowest BCUT2D eigenvalue weighted by molar-refractivity contribution is 0.100. The van der Waals surface area contributed by atoms with Crippen LogP contribution in [0.4, 0.5) is 5.69 Å². The zero-order valence-electron chi connectivity index (χ0n) is 14.6. The zero-order chi connectivity index (χ0) is 18.5. The number of carbonyl (C=O) groups excluding carboxylic acids is 1. The van der Waals surface area contributed by atoms with Crippen molar-refractivity contribution in [1.29, 1.82) is 0 Å². The Balaban J connectivity index is 1.93. The van der Waals surface area contributed by atoms with Gasteiger partial charge in [0.25, 0.3) is 5.91 Å². The third-order valence-electron chi connectivity index (χ3n) is 4.20. The molecule has 3 aromatic rings. The lowest BCUT2D eigenvalue weighted by atomic mass is 10.0. The summed E-state index contributed by atoms with van der Waals surface area (Å²) < 4.78 is 5.48. The number of ether oxygens (including phenoxy) is 1. The lowest BCUT2D eigenvalue weighted by Crippen LogP contribution is -2.21. The summed E-state index contributed by atoms with van der Waals surface area (Å²) in [6.07, 6.45) is 1.66. The average Bonchev–Trinajstić information content (AvgIpc) is 2.66. The van der Waals surface area contributed by atoms with E-state index in [-0.39, 0.29) is 6.04 Å². The van der Waals surface area contributed by atoms with Crippen LogP contribution < -0.4 is 21.5 Å². The average molecular weight is 350 g/mol. The summed E-state index contributed by atoms with van der Waals surface area (Å²) in [6, 6.07) is 15.0. The minimum absolute atomic E-state index is 0.0893. The van der Waals surface area contributed by atoms with Gasteiger partial charge in [0.2, 0.25) is 0 Å². The van der Waals surface area contributed by atoms with E-state index >= 15 is 0 Å². The third-order valence-corrected chi connectivity index (χ3v) is 4.20. The summed E-state index contributed by atoms with van der Waals surface area (Å²) >= 11 is 0. The number of nitrogens with one attached hydrogen (secondary N) is 1. The van der Waals surface area contributed by atoms with Crippen LogP contribution in [0.25, 0.3) is 10.9 Å². The Labute approximate surface area is 152 Å². The largest absolute Gasteiger partial charge is 0.494 e. The highest BCUT2D eigenvalue weighted by Crippen LogP contribution is 2.28. The van der Waals surface area contributed by atoms with Crippen molar-refractivity contribution in [2.24, 2.45) is 11.5 Å². The Hall–Kier alpha value is -3.12. The van der Waals surface area contributed by atoms with Gasteiger partial charge in [0, 0.05) is 23.8 Å². The molecular weight excluding hydrogens is 328 g/mol. The van der Waals surface area contributed by atoms with Crippen molar-refractivity contribution >= 4 is 22.5 Å². The van der Waals surface area contributed by atoms with E-state index in [2.05, 4.69) is 10.3 Å². The highest BCUT2D eigenvalue weighted by atomic mass is 16.5. The molecule has 1 heterocycles. The molecule has 3 rings (SSSR count). The van der Waals surface area contributed by atoms with Crippen LogP contribution in [0, 0.1) is 0 Å². The van der Waals surface area contributed by atoms with Crippen molar-refractivity contribution in [3.8, 4) is 5.75 Å². The van der Waals surface area contributed by atoms with Crippen molar-refractivity contribution in [3.05, 3.63) is 65.9 Å². The summed E-state index contributed by atoms with van der Waals surface area (Å²) in [6.45, 7) is 2.99. The van der Waals surface area contributed by atoms with E-state index in [0.29, 0.717) is 24.2 Å². The van der Waals surface area contributed by atoms with Gasteiger partial charge >= 0.3 is 0 Å². The Bertz CT molecular complexity index is 909. The van der Waals surface area contributed by atoms with Gasteiger partial charge in [-0.1, -0.05) is 24.3 Å². The molecule has 0 spiro atoms. The van der Waals surface area contributed by atoms with Crippen LogP contribution in [0.2, 0.25) is 0 Å². The minimum Gasteiger partial charge on any atom is -0.494 e. The molecule has 1 atom stereocenters. The molecule has 2 aromatic carbocycles. The minimum atomic E-state index is -0.498. The summed E-state index contributed by atoms with van der Waals surface area (Å²) in [4.78, 5) is 16.0. The predicted octanol–water partition coefficient (Wildman–Crippen LogP) is 2.84. The van der Waals surface area contributed by atoms with Crippen molar-refractivity contribution in [2.45, 2.75) is 13.0 Å². The topological polar surface area (TPSA) is 103 Å². The molecule has 0 aliphatic heterocycles. The molecule has 1 amide bonds. The van der Waals surface area contributed by atoms with E-state index in [9.17, 15) is 4.79 Å². The summed E-state index contributed by atoms with van der Waals surface area (Å²) in [5.74, 6) is 0.328. The van der Waals surface area contributed by atoms with Crippen molar-refractivity contribution in [1.82, 2.24) is 4.98 Å². The maximum atomic E-state index is 11.6. The monoisotopic (exact) mass is 350 g/mol. The number of primary amides is 1. The number of para-hydroxylation sites is 1. The molecule has 6 heteroatoms.